The summed E-state index contributed by atoms with van der Waals surface area (Å²) in [5, 5.41) is 0. The Morgan fingerprint density at radius 1 is 1.21 bits per heavy atom. The van der Waals surface area contributed by atoms with Gasteiger partial charge < -0.3 is 5.73 Å². The maximum Gasteiger partial charge on any atom is 0.394 e. The van der Waals surface area contributed by atoms with Crippen molar-refractivity contribution in [2.45, 2.75) is 13.0 Å². The molecule has 0 aliphatic carbocycles. The van der Waals surface area contributed by atoms with Crippen molar-refractivity contribution < 1.29 is 17.5 Å². The predicted molar refractivity (Wildman–Crippen MR) is 53.2 cm³/mol. The SMILES string of the molecule is C[C@@H](N)c1ccccc1.O=S(=O)(O)O. The first kappa shape index (κ1) is 13.1. The van der Waals surface area contributed by atoms with Crippen LogP contribution in [0.5, 0.6) is 0 Å². The lowest BCUT2D eigenvalue weighted by Crippen LogP contribution is -2.03. The normalized spacial score (nSPS) is 12.6. The molecule has 14 heavy (non-hydrogen) atoms. The van der Waals surface area contributed by atoms with Crippen LogP contribution < -0.4 is 5.73 Å². The van der Waals surface area contributed by atoms with E-state index >= 15 is 0 Å². The van der Waals surface area contributed by atoms with Crippen LogP contribution in [0.1, 0.15) is 18.5 Å². The van der Waals surface area contributed by atoms with E-state index in [0.717, 1.165) is 0 Å². The van der Waals surface area contributed by atoms with E-state index in [1.807, 2.05) is 37.3 Å². The summed E-state index contributed by atoms with van der Waals surface area (Å²) in [4.78, 5) is 0. The average Bonchev–Trinajstić information content (AvgIpc) is 2.03. The first-order valence-corrected chi connectivity index (χ1v) is 5.21. The number of hydrogen-bond donors (Lipinski definition) is 3. The third-order valence-corrected chi connectivity index (χ3v) is 1.33. The molecule has 0 aromatic heterocycles. The van der Waals surface area contributed by atoms with Crippen LogP contribution in [0.3, 0.4) is 0 Å². The van der Waals surface area contributed by atoms with E-state index in [1.165, 1.54) is 5.56 Å². The Bertz CT molecular complexity index is 339. The van der Waals surface area contributed by atoms with Crippen molar-refractivity contribution in [2.24, 2.45) is 5.73 Å². The summed E-state index contributed by atoms with van der Waals surface area (Å²) < 4.78 is 31.6. The maximum absolute atomic E-state index is 8.74. The van der Waals surface area contributed by atoms with Crippen molar-refractivity contribution in [1.29, 1.82) is 0 Å². The molecule has 0 saturated heterocycles. The molecule has 0 fully saturated rings. The lowest BCUT2D eigenvalue weighted by atomic mass is 10.1. The summed E-state index contributed by atoms with van der Waals surface area (Å²) in [6, 6.07) is 10.2. The van der Waals surface area contributed by atoms with Gasteiger partial charge in [-0.1, -0.05) is 30.3 Å². The van der Waals surface area contributed by atoms with Gasteiger partial charge in [0, 0.05) is 6.04 Å². The molecule has 5 nitrogen and oxygen atoms in total. The molecule has 0 bridgehead atoms. The Hall–Kier alpha value is -0.950. The van der Waals surface area contributed by atoms with Gasteiger partial charge in [-0.05, 0) is 12.5 Å². The molecular formula is C8H13NO4S. The second kappa shape index (κ2) is 5.71. The monoisotopic (exact) mass is 219 g/mol. The highest BCUT2D eigenvalue weighted by Gasteiger charge is 1.93. The van der Waals surface area contributed by atoms with Gasteiger partial charge in [0.2, 0.25) is 0 Å². The molecule has 6 heteroatoms. The van der Waals surface area contributed by atoms with Crippen LogP contribution in [-0.2, 0) is 10.4 Å². The molecule has 0 spiro atoms. The fourth-order valence-corrected chi connectivity index (χ4v) is 0.757. The average molecular weight is 219 g/mol. The summed E-state index contributed by atoms with van der Waals surface area (Å²) in [5.41, 5.74) is 6.81. The van der Waals surface area contributed by atoms with Crippen molar-refractivity contribution in [3.63, 3.8) is 0 Å². The number of rotatable bonds is 1. The van der Waals surface area contributed by atoms with Gasteiger partial charge in [-0.3, -0.25) is 9.11 Å². The summed E-state index contributed by atoms with van der Waals surface area (Å²) in [7, 11) is -4.67. The molecule has 0 heterocycles. The minimum atomic E-state index is -4.67. The van der Waals surface area contributed by atoms with Gasteiger partial charge in [-0.15, -0.1) is 0 Å². The van der Waals surface area contributed by atoms with E-state index in [0.29, 0.717) is 0 Å². The van der Waals surface area contributed by atoms with Crippen LogP contribution in [-0.4, -0.2) is 17.5 Å². The Morgan fingerprint density at radius 3 is 1.79 bits per heavy atom. The minimum Gasteiger partial charge on any atom is -0.324 e. The van der Waals surface area contributed by atoms with Crippen LogP contribution >= 0.6 is 0 Å². The van der Waals surface area contributed by atoms with Crippen molar-refractivity contribution in [3.8, 4) is 0 Å². The number of nitrogens with two attached hydrogens (primary N) is 1. The van der Waals surface area contributed by atoms with Crippen molar-refractivity contribution in [3.05, 3.63) is 35.9 Å². The Kier molecular flexibility index (Phi) is 5.32. The highest BCUT2D eigenvalue weighted by molar-refractivity contribution is 7.79. The first-order valence-electron chi connectivity index (χ1n) is 3.81. The van der Waals surface area contributed by atoms with Gasteiger partial charge in [-0.2, -0.15) is 8.42 Å². The summed E-state index contributed by atoms with van der Waals surface area (Å²) in [5.74, 6) is 0. The molecule has 0 unspecified atom stereocenters. The van der Waals surface area contributed by atoms with Gasteiger partial charge >= 0.3 is 10.4 Å². The van der Waals surface area contributed by atoms with E-state index < -0.39 is 10.4 Å². The highest BCUT2D eigenvalue weighted by Crippen LogP contribution is 2.06. The van der Waals surface area contributed by atoms with Crippen molar-refractivity contribution in [2.75, 3.05) is 0 Å². The topological polar surface area (TPSA) is 101 Å². The molecule has 0 amide bonds. The van der Waals surface area contributed by atoms with Crippen molar-refractivity contribution in [1.82, 2.24) is 0 Å². The molecule has 1 atom stereocenters. The minimum absolute atomic E-state index is 0.159. The molecule has 0 aliphatic rings. The van der Waals surface area contributed by atoms with E-state index in [9.17, 15) is 0 Å². The highest BCUT2D eigenvalue weighted by atomic mass is 32.3. The van der Waals surface area contributed by atoms with E-state index in [1.54, 1.807) is 0 Å². The third-order valence-electron chi connectivity index (χ3n) is 1.33. The van der Waals surface area contributed by atoms with Gasteiger partial charge in [0.15, 0.2) is 0 Å². The van der Waals surface area contributed by atoms with Crippen LogP contribution in [0, 0.1) is 0 Å². The zero-order valence-corrected chi connectivity index (χ0v) is 8.48. The van der Waals surface area contributed by atoms with Gasteiger partial charge in [0.25, 0.3) is 0 Å². The summed E-state index contributed by atoms with van der Waals surface area (Å²) >= 11 is 0. The zero-order valence-electron chi connectivity index (χ0n) is 7.66. The first-order chi connectivity index (χ1) is 6.30. The second-order valence-electron chi connectivity index (χ2n) is 2.65. The second-order valence-corrected chi connectivity index (χ2v) is 3.54. The lowest BCUT2D eigenvalue weighted by Gasteiger charge is -2.02. The molecule has 1 rings (SSSR count). The van der Waals surface area contributed by atoms with E-state index in [4.69, 9.17) is 23.3 Å². The Labute approximate surface area is 83.1 Å². The number of benzene rings is 1. The third kappa shape index (κ3) is 9.14. The van der Waals surface area contributed by atoms with Crippen LogP contribution in [0.4, 0.5) is 0 Å². The molecule has 80 valence electrons. The molecular weight excluding hydrogens is 206 g/mol. The molecule has 1 aromatic carbocycles. The quantitative estimate of drug-likeness (QED) is 0.613. The molecule has 1 aromatic rings. The fraction of sp³-hybridized carbons (Fsp3) is 0.250. The van der Waals surface area contributed by atoms with Gasteiger partial charge in [-0.25, -0.2) is 0 Å². The van der Waals surface area contributed by atoms with Gasteiger partial charge in [0.1, 0.15) is 0 Å². The molecule has 4 N–H and O–H groups in total. The summed E-state index contributed by atoms with van der Waals surface area (Å²) in [6.07, 6.45) is 0. The van der Waals surface area contributed by atoms with E-state index in [2.05, 4.69) is 0 Å². The van der Waals surface area contributed by atoms with Gasteiger partial charge in [0.05, 0.1) is 0 Å². The maximum atomic E-state index is 8.74. The van der Waals surface area contributed by atoms with E-state index in [-0.39, 0.29) is 6.04 Å². The Morgan fingerprint density at radius 2 is 1.57 bits per heavy atom. The predicted octanol–water partition coefficient (Wildman–Crippen LogP) is 1.05. The largest absolute Gasteiger partial charge is 0.394 e. The molecule has 0 aliphatic heterocycles. The summed E-state index contributed by atoms with van der Waals surface area (Å²) in [6.45, 7) is 1.98. The van der Waals surface area contributed by atoms with Crippen molar-refractivity contribution >= 4 is 10.4 Å². The smallest absolute Gasteiger partial charge is 0.324 e. The van der Waals surface area contributed by atoms with Crippen LogP contribution in [0.2, 0.25) is 0 Å². The van der Waals surface area contributed by atoms with Crippen LogP contribution in [0.25, 0.3) is 0 Å². The molecule has 0 radical (unpaired) electrons. The fourth-order valence-electron chi connectivity index (χ4n) is 0.757. The standard InChI is InChI=1S/C8H11N.H2O4S/c1-7(9)8-5-3-2-4-6-8;1-5(2,3)4/h2-7H,9H2,1H3;(H2,1,2,3,4)/t7-;/m1./s1. The van der Waals surface area contributed by atoms with Crippen LogP contribution in [0.15, 0.2) is 30.3 Å². The number of hydrogen-bond acceptors (Lipinski definition) is 3. The Balaban J connectivity index is 0.000000292. The molecule has 0 saturated carbocycles. The lowest BCUT2D eigenvalue weighted by molar-refractivity contribution is 0.381. The zero-order chi connectivity index (χ0) is 11.2.